The first kappa shape index (κ1) is 29.7. The first-order valence-electron chi connectivity index (χ1n) is 12.7. The van der Waals surface area contributed by atoms with Crippen molar-refractivity contribution in [3.05, 3.63) is 69.5 Å². The summed E-state index contributed by atoms with van der Waals surface area (Å²) in [6.45, 7) is 1.50. The molecule has 212 valence electrons. The molecule has 1 N–H and O–H groups in total. The molecule has 2 aliphatic rings. The minimum Gasteiger partial charge on any atom is -0.497 e. The van der Waals surface area contributed by atoms with E-state index in [0.717, 1.165) is 9.13 Å². The second-order valence-electron chi connectivity index (χ2n) is 9.05. The molecule has 2 aliphatic heterocycles. The number of sulfonamides is 1. The average molecular weight is 673 g/mol. The molecule has 1 saturated heterocycles. The van der Waals surface area contributed by atoms with Crippen molar-refractivity contribution in [1.82, 2.24) is 9.21 Å². The second-order valence-corrected chi connectivity index (χ2v) is 12.2. The predicted octanol–water partition coefficient (Wildman–Crippen LogP) is 2.57. The Balaban J connectivity index is 1.46. The Bertz CT molecular complexity index is 1230. The van der Waals surface area contributed by atoms with Gasteiger partial charge in [-0.05, 0) is 70.6 Å². The summed E-state index contributed by atoms with van der Waals surface area (Å²) in [5, 5.41) is 9.53. The fourth-order valence-corrected chi connectivity index (χ4v) is 6.20. The van der Waals surface area contributed by atoms with Gasteiger partial charge in [-0.1, -0.05) is 12.1 Å². The number of halogens is 1. The maximum atomic E-state index is 13.2. The lowest BCUT2D eigenvalue weighted by molar-refractivity contribution is -0.155. The van der Waals surface area contributed by atoms with Crippen molar-refractivity contribution in [1.29, 1.82) is 0 Å². The molecule has 10 nitrogen and oxygen atoms in total. The number of rotatable bonds is 11. The van der Waals surface area contributed by atoms with E-state index in [1.54, 1.807) is 17.0 Å². The minimum absolute atomic E-state index is 0.000556. The number of carbonyl (C=O) groups excluding carboxylic acids is 1. The van der Waals surface area contributed by atoms with Gasteiger partial charge in [-0.3, -0.25) is 4.79 Å². The topological polar surface area (TPSA) is 115 Å². The van der Waals surface area contributed by atoms with Crippen LogP contribution in [0.4, 0.5) is 0 Å². The van der Waals surface area contributed by atoms with Gasteiger partial charge in [0, 0.05) is 42.1 Å². The van der Waals surface area contributed by atoms with Gasteiger partial charge >= 0.3 is 0 Å². The van der Waals surface area contributed by atoms with Crippen LogP contribution in [0.25, 0.3) is 0 Å². The number of hydrogen-bond donors (Lipinski definition) is 1. The Hall–Kier alpha value is -2.23. The number of carbonyl (C=O) groups is 1. The molecule has 0 bridgehead atoms. The van der Waals surface area contributed by atoms with Crippen molar-refractivity contribution in [2.45, 2.75) is 23.5 Å². The Labute approximate surface area is 242 Å². The number of nitrogens with zero attached hydrogens (tertiary/aromatic N) is 2. The number of morpholine rings is 1. The van der Waals surface area contributed by atoms with Gasteiger partial charge < -0.3 is 29.0 Å². The first-order chi connectivity index (χ1) is 18.8. The average Bonchev–Trinajstić information content (AvgIpc) is 2.97. The van der Waals surface area contributed by atoms with E-state index in [1.165, 1.54) is 23.5 Å². The molecular weight excluding hydrogens is 639 g/mol. The Morgan fingerprint density at radius 1 is 1.10 bits per heavy atom. The van der Waals surface area contributed by atoms with Crippen molar-refractivity contribution in [3.63, 3.8) is 0 Å². The monoisotopic (exact) mass is 672 g/mol. The highest BCUT2D eigenvalue weighted by atomic mass is 127. The van der Waals surface area contributed by atoms with Crippen LogP contribution in [-0.2, 0) is 29.0 Å². The Morgan fingerprint density at radius 3 is 2.44 bits per heavy atom. The predicted molar refractivity (Wildman–Crippen MR) is 152 cm³/mol. The third-order valence-electron chi connectivity index (χ3n) is 6.56. The van der Waals surface area contributed by atoms with E-state index >= 15 is 0 Å². The summed E-state index contributed by atoms with van der Waals surface area (Å²) >= 11 is 2.25. The summed E-state index contributed by atoms with van der Waals surface area (Å²) in [5.41, 5.74) is 1.03. The number of allylic oxidation sites excluding steroid dienone is 1. The molecule has 2 aromatic carbocycles. The highest BCUT2D eigenvalue weighted by Gasteiger charge is 2.32. The third-order valence-corrected chi connectivity index (χ3v) is 9.19. The molecule has 0 saturated carbocycles. The highest BCUT2D eigenvalue weighted by Crippen LogP contribution is 2.32. The zero-order valence-electron chi connectivity index (χ0n) is 21.7. The van der Waals surface area contributed by atoms with E-state index in [4.69, 9.17) is 18.9 Å². The number of benzene rings is 2. The van der Waals surface area contributed by atoms with Crippen molar-refractivity contribution in [3.8, 4) is 5.75 Å². The number of ether oxygens (including phenoxy) is 4. The molecule has 12 heteroatoms. The van der Waals surface area contributed by atoms with Gasteiger partial charge in [0.15, 0.2) is 5.76 Å². The number of aliphatic hydroxyl groups is 1. The van der Waals surface area contributed by atoms with Crippen LogP contribution in [0, 0.1) is 3.57 Å². The van der Waals surface area contributed by atoms with Crippen LogP contribution < -0.4 is 4.74 Å². The van der Waals surface area contributed by atoms with Gasteiger partial charge in [-0.15, -0.1) is 0 Å². The molecule has 2 atom stereocenters. The summed E-state index contributed by atoms with van der Waals surface area (Å²) in [6, 6.07) is 14.1. The van der Waals surface area contributed by atoms with E-state index in [0.29, 0.717) is 38.5 Å². The number of hydrogen-bond acceptors (Lipinski definition) is 8. The lowest BCUT2D eigenvalue weighted by Crippen LogP contribution is -2.43. The smallest absolute Gasteiger partial charge is 0.288 e. The quantitative estimate of drug-likeness (QED) is 0.363. The zero-order valence-corrected chi connectivity index (χ0v) is 24.7. The maximum Gasteiger partial charge on any atom is 0.288 e. The van der Waals surface area contributed by atoms with Gasteiger partial charge in [-0.25, -0.2) is 8.42 Å². The Kier molecular flexibility index (Phi) is 10.6. The van der Waals surface area contributed by atoms with Gasteiger partial charge in [0.1, 0.15) is 5.75 Å². The SMILES string of the molecule is COc1ccc(S(=O)(=O)N(CCO)CCO[C@@H]2C[C@H](c3ccc(I)cc3)C=C(C(=O)N3CCOCC3)O2)cc1. The van der Waals surface area contributed by atoms with Crippen molar-refractivity contribution in [2.75, 3.05) is 59.7 Å². The molecule has 39 heavy (non-hydrogen) atoms. The van der Waals surface area contributed by atoms with E-state index in [9.17, 15) is 18.3 Å². The molecule has 0 radical (unpaired) electrons. The molecule has 0 aromatic heterocycles. The molecule has 0 spiro atoms. The molecule has 0 unspecified atom stereocenters. The molecule has 0 aliphatic carbocycles. The number of aliphatic hydroxyl groups excluding tert-OH is 1. The number of methoxy groups -OCH3 is 1. The zero-order chi connectivity index (χ0) is 27.8. The van der Waals surface area contributed by atoms with Crippen molar-refractivity contribution >= 4 is 38.5 Å². The van der Waals surface area contributed by atoms with Crippen molar-refractivity contribution in [2.24, 2.45) is 0 Å². The van der Waals surface area contributed by atoms with Gasteiger partial charge in [-0.2, -0.15) is 4.31 Å². The summed E-state index contributed by atoms with van der Waals surface area (Å²) in [4.78, 5) is 15.0. The molecule has 1 fully saturated rings. The van der Waals surface area contributed by atoms with E-state index in [1.807, 2.05) is 30.3 Å². The summed E-state index contributed by atoms with van der Waals surface area (Å²) in [5.74, 6) is 0.428. The van der Waals surface area contributed by atoms with Crippen LogP contribution in [0.2, 0.25) is 0 Å². The first-order valence-corrected chi connectivity index (χ1v) is 15.2. The number of amides is 1. The minimum atomic E-state index is -3.88. The lowest BCUT2D eigenvalue weighted by Gasteiger charge is -2.33. The third kappa shape index (κ3) is 7.70. The standard InChI is InChI=1S/C27H33IN2O8S/c1-35-23-6-8-24(9-7-23)39(33,34)30(10-14-31)13-17-37-26-19-21(20-2-4-22(28)5-3-20)18-25(38-26)27(32)29-11-15-36-16-12-29/h2-9,18,21,26,31H,10-17,19H2,1H3/t21-,26+/m1/s1. The molecule has 2 heterocycles. The van der Waals surface area contributed by atoms with Crippen LogP contribution in [0.1, 0.15) is 17.9 Å². The molecule has 2 aromatic rings. The summed E-state index contributed by atoms with van der Waals surface area (Å²) in [7, 11) is -2.37. The second kappa shape index (κ2) is 13.9. The summed E-state index contributed by atoms with van der Waals surface area (Å²) in [6.07, 6.45) is 1.55. The van der Waals surface area contributed by atoms with Crippen LogP contribution in [0.3, 0.4) is 0 Å². The fourth-order valence-electron chi connectivity index (χ4n) is 4.42. The lowest BCUT2D eigenvalue weighted by atomic mass is 9.93. The molecular formula is C27H33IN2O8S. The van der Waals surface area contributed by atoms with Crippen LogP contribution >= 0.6 is 22.6 Å². The van der Waals surface area contributed by atoms with Crippen LogP contribution in [-0.4, -0.2) is 94.6 Å². The molecule has 4 rings (SSSR count). The maximum absolute atomic E-state index is 13.2. The van der Waals surface area contributed by atoms with Crippen molar-refractivity contribution < 1.29 is 37.3 Å². The van der Waals surface area contributed by atoms with E-state index < -0.39 is 16.3 Å². The van der Waals surface area contributed by atoms with E-state index in [-0.39, 0.29) is 48.8 Å². The fraction of sp³-hybridized carbons (Fsp3) is 0.444. The van der Waals surface area contributed by atoms with Crippen LogP contribution in [0.15, 0.2) is 65.3 Å². The molecule has 1 amide bonds. The van der Waals surface area contributed by atoms with E-state index in [2.05, 4.69) is 22.6 Å². The largest absolute Gasteiger partial charge is 0.497 e. The van der Waals surface area contributed by atoms with Gasteiger partial charge in [0.05, 0.1) is 38.4 Å². The normalized spacial score (nSPS) is 19.9. The summed E-state index contributed by atoms with van der Waals surface area (Å²) < 4.78 is 51.2. The highest BCUT2D eigenvalue weighted by molar-refractivity contribution is 14.1. The van der Waals surface area contributed by atoms with Gasteiger partial charge in [0.2, 0.25) is 16.3 Å². The van der Waals surface area contributed by atoms with Crippen LogP contribution in [0.5, 0.6) is 5.75 Å². The van der Waals surface area contributed by atoms with Gasteiger partial charge in [0.25, 0.3) is 5.91 Å². The Morgan fingerprint density at radius 2 is 1.79 bits per heavy atom.